The number of nitrogens with two attached hydrogens (primary N) is 1. The highest BCUT2D eigenvalue weighted by atomic mass is 35.5. The highest BCUT2D eigenvalue weighted by molar-refractivity contribution is 6.30. The van der Waals surface area contributed by atoms with Crippen molar-refractivity contribution in [3.63, 3.8) is 0 Å². The van der Waals surface area contributed by atoms with Gasteiger partial charge >= 0.3 is 0 Å². The molecule has 0 bridgehead atoms. The lowest BCUT2D eigenvalue weighted by Crippen LogP contribution is -2.38. The van der Waals surface area contributed by atoms with Crippen molar-refractivity contribution in [3.05, 3.63) is 34.4 Å². The van der Waals surface area contributed by atoms with Crippen molar-refractivity contribution in [2.24, 2.45) is 11.7 Å². The third-order valence-electron chi connectivity index (χ3n) is 2.98. The lowest BCUT2D eigenvalue weighted by atomic mass is 10.1. The van der Waals surface area contributed by atoms with E-state index in [-0.39, 0.29) is 23.2 Å². The summed E-state index contributed by atoms with van der Waals surface area (Å²) < 4.78 is 26.6. The Morgan fingerprint density at radius 2 is 2.11 bits per heavy atom. The predicted octanol–water partition coefficient (Wildman–Crippen LogP) is 2.09. The quantitative estimate of drug-likeness (QED) is 0.826. The van der Waals surface area contributed by atoms with Crippen molar-refractivity contribution in [2.75, 3.05) is 6.54 Å². The van der Waals surface area contributed by atoms with Crippen molar-refractivity contribution in [2.45, 2.75) is 18.9 Å². The summed E-state index contributed by atoms with van der Waals surface area (Å²) in [6.07, 6.45) is 2.11. The fraction of sp³-hybridized carbons (Fsp3) is 0.417. The van der Waals surface area contributed by atoms with Crippen LogP contribution in [-0.4, -0.2) is 18.5 Å². The first-order chi connectivity index (χ1) is 8.49. The lowest BCUT2D eigenvalue weighted by Gasteiger charge is -2.12. The molecule has 98 valence electrons. The molecular formula is C12H13ClF2N2O. The molecule has 1 atom stereocenters. The van der Waals surface area contributed by atoms with E-state index in [4.69, 9.17) is 17.3 Å². The molecule has 6 heteroatoms. The van der Waals surface area contributed by atoms with Gasteiger partial charge in [-0.1, -0.05) is 11.6 Å². The lowest BCUT2D eigenvalue weighted by molar-refractivity contribution is 0.0945. The Balaban J connectivity index is 2.01. The Hall–Kier alpha value is -1.20. The summed E-state index contributed by atoms with van der Waals surface area (Å²) in [5.41, 5.74) is 5.43. The van der Waals surface area contributed by atoms with Crippen molar-refractivity contribution in [1.82, 2.24) is 5.32 Å². The van der Waals surface area contributed by atoms with E-state index in [2.05, 4.69) is 5.32 Å². The number of hydrogen-bond donors (Lipinski definition) is 2. The van der Waals surface area contributed by atoms with E-state index >= 15 is 0 Å². The average Bonchev–Trinajstić information content (AvgIpc) is 3.14. The third kappa shape index (κ3) is 2.97. The number of carbonyl (C=O) groups excluding carboxylic acids is 1. The van der Waals surface area contributed by atoms with Crippen molar-refractivity contribution in [1.29, 1.82) is 0 Å². The molecule has 2 rings (SSSR count). The first-order valence-electron chi connectivity index (χ1n) is 5.67. The Morgan fingerprint density at radius 3 is 2.72 bits per heavy atom. The number of hydrogen-bond acceptors (Lipinski definition) is 2. The predicted molar refractivity (Wildman–Crippen MR) is 64.4 cm³/mol. The Morgan fingerprint density at radius 1 is 1.44 bits per heavy atom. The average molecular weight is 275 g/mol. The molecule has 0 aromatic heterocycles. The first kappa shape index (κ1) is 13.2. The van der Waals surface area contributed by atoms with Gasteiger partial charge in [-0.05, 0) is 30.9 Å². The summed E-state index contributed by atoms with van der Waals surface area (Å²) in [5.74, 6) is -1.93. The largest absolute Gasteiger partial charge is 0.350 e. The molecule has 1 unspecified atom stereocenters. The van der Waals surface area contributed by atoms with E-state index in [0.717, 1.165) is 25.0 Å². The molecule has 1 saturated carbocycles. The first-order valence-corrected chi connectivity index (χ1v) is 6.05. The van der Waals surface area contributed by atoms with E-state index in [0.29, 0.717) is 5.92 Å². The van der Waals surface area contributed by atoms with Crippen LogP contribution in [0, 0.1) is 17.6 Å². The molecule has 0 heterocycles. The standard InChI is InChI=1S/C12H13ClF2N2O/c13-8-4-9(14)7(3-10(8)15)12(18)17-5-11(16)6-1-2-6/h3-4,6,11H,1-2,5,16H2,(H,17,18). The minimum atomic E-state index is -0.848. The van der Waals surface area contributed by atoms with Crippen molar-refractivity contribution < 1.29 is 13.6 Å². The van der Waals surface area contributed by atoms with Gasteiger partial charge in [0.15, 0.2) is 0 Å². The zero-order valence-corrected chi connectivity index (χ0v) is 10.3. The summed E-state index contributed by atoms with van der Waals surface area (Å²) in [7, 11) is 0. The van der Waals surface area contributed by atoms with Crippen LogP contribution in [0.4, 0.5) is 8.78 Å². The molecule has 3 nitrogen and oxygen atoms in total. The zero-order chi connectivity index (χ0) is 13.3. The van der Waals surface area contributed by atoms with Gasteiger partial charge < -0.3 is 11.1 Å². The molecule has 0 spiro atoms. The minimum absolute atomic E-state index is 0.130. The van der Waals surface area contributed by atoms with Gasteiger partial charge in [0.1, 0.15) is 11.6 Å². The zero-order valence-electron chi connectivity index (χ0n) is 9.55. The van der Waals surface area contributed by atoms with Crippen LogP contribution < -0.4 is 11.1 Å². The Bertz CT molecular complexity index is 477. The SMILES string of the molecule is NC(CNC(=O)c1cc(F)c(Cl)cc1F)C1CC1. The van der Waals surface area contributed by atoms with Gasteiger partial charge in [-0.15, -0.1) is 0 Å². The maximum atomic E-state index is 13.4. The number of rotatable bonds is 4. The number of carbonyl (C=O) groups is 1. The van der Waals surface area contributed by atoms with Gasteiger partial charge in [0.2, 0.25) is 0 Å². The molecule has 1 aromatic rings. The monoisotopic (exact) mass is 274 g/mol. The molecule has 3 N–H and O–H groups in total. The summed E-state index contributed by atoms with van der Waals surface area (Å²) >= 11 is 5.40. The van der Waals surface area contributed by atoms with Crippen LogP contribution >= 0.6 is 11.6 Å². The van der Waals surface area contributed by atoms with Gasteiger partial charge in [-0.3, -0.25) is 4.79 Å². The van der Waals surface area contributed by atoms with E-state index in [1.807, 2.05) is 0 Å². The molecule has 1 aliphatic carbocycles. The Kier molecular flexibility index (Phi) is 3.82. The van der Waals surface area contributed by atoms with Crippen LogP contribution in [0.15, 0.2) is 12.1 Å². The number of amides is 1. The second-order valence-electron chi connectivity index (χ2n) is 4.46. The van der Waals surface area contributed by atoms with Crippen LogP contribution in [0.1, 0.15) is 23.2 Å². The molecule has 0 aliphatic heterocycles. The normalized spacial score (nSPS) is 16.4. The molecule has 1 aliphatic rings. The molecule has 18 heavy (non-hydrogen) atoms. The maximum absolute atomic E-state index is 13.4. The molecule has 0 radical (unpaired) electrons. The molecule has 1 fully saturated rings. The van der Waals surface area contributed by atoms with Crippen LogP contribution in [0.25, 0.3) is 0 Å². The molecule has 0 saturated heterocycles. The van der Waals surface area contributed by atoms with Crippen LogP contribution in [0.5, 0.6) is 0 Å². The summed E-state index contributed by atoms with van der Waals surface area (Å²) in [4.78, 5) is 11.7. The molecule has 1 aromatic carbocycles. The van der Waals surface area contributed by atoms with E-state index < -0.39 is 17.5 Å². The fourth-order valence-electron chi connectivity index (χ4n) is 1.69. The number of benzene rings is 1. The highest BCUT2D eigenvalue weighted by Crippen LogP contribution is 2.31. The maximum Gasteiger partial charge on any atom is 0.254 e. The number of halogens is 3. The van der Waals surface area contributed by atoms with Gasteiger partial charge in [-0.2, -0.15) is 0 Å². The van der Waals surface area contributed by atoms with E-state index in [9.17, 15) is 13.6 Å². The minimum Gasteiger partial charge on any atom is -0.350 e. The van der Waals surface area contributed by atoms with Crippen molar-refractivity contribution >= 4 is 17.5 Å². The fourth-order valence-corrected chi connectivity index (χ4v) is 1.84. The number of nitrogens with one attached hydrogen (secondary N) is 1. The van der Waals surface area contributed by atoms with Gasteiger partial charge in [-0.25, -0.2) is 8.78 Å². The summed E-state index contributed by atoms with van der Waals surface area (Å²) in [6, 6.07) is 1.44. The smallest absolute Gasteiger partial charge is 0.254 e. The second-order valence-corrected chi connectivity index (χ2v) is 4.86. The van der Waals surface area contributed by atoms with Gasteiger partial charge in [0, 0.05) is 12.6 Å². The van der Waals surface area contributed by atoms with Crippen LogP contribution in [0.2, 0.25) is 5.02 Å². The van der Waals surface area contributed by atoms with Gasteiger partial charge in [0.25, 0.3) is 5.91 Å². The van der Waals surface area contributed by atoms with Crippen LogP contribution in [-0.2, 0) is 0 Å². The van der Waals surface area contributed by atoms with E-state index in [1.165, 1.54) is 0 Å². The van der Waals surface area contributed by atoms with Gasteiger partial charge in [0.05, 0.1) is 10.6 Å². The topological polar surface area (TPSA) is 55.1 Å². The summed E-state index contributed by atoms with van der Waals surface area (Å²) in [5, 5.41) is 2.15. The van der Waals surface area contributed by atoms with Crippen LogP contribution in [0.3, 0.4) is 0 Å². The highest BCUT2D eigenvalue weighted by Gasteiger charge is 2.28. The van der Waals surface area contributed by atoms with E-state index in [1.54, 1.807) is 0 Å². The second kappa shape index (κ2) is 5.20. The summed E-state index contributed by atoms with van der Waals surface area (Å²) in [6.45, 7) is 0.257. The molecular weight excluding hydrogens is 262 g/mol. The molecule has 1 amide bonds. The Labute approximate surface area is 108 Å². The van der Waals surface area contributed by atoms with Crippen molar-refractivity contribution in [3.8, 4) is 0 Å². The third-order valence-corrected chi connectivity index (χ3v) is 3.27.